The van der Waals surface area contributed by atoms with E-state index in [0.717, 1.165) is 0 Å². The third kappa shape index (κ3) is 4.93. The number of pyridine rings is 1. The zero-order valence-electron chi connectivity index (χ0n) is 19.5. The molecule has 184 valence electrons. The summed E-state index contributed by atoms with van der Waals surface area (Å²) in [6.07, 6.45) is 3.11. The predicted octanol–water partition coefficient (Wildman–Crippen LogP) is 4.30. The topological polar surface area (TPSA) is 92.3 Å². The van der Waals surface area contributed by atoms with Gasteiger partial charge in [0.15, 0.2) is 17.4 Å². The Morgan fingerprint density at radius 3 is 2.89 bits per heavy atom. The molecule has 0 spiro atoms. The molecule has 1 aliphatic heterocycles. The van der Waals surface area contributed by atoms with Crippen LogP contribution >= 0.6 is 11.6 Å². The lowest BCUT2D eigenvalue weighted by molar-refractivity contribution is -0.117. The molecule has 36 heavy (non-hydrogen) atoms. The quantitative estimate of drug-likeness (QED) is 0.403. The lowest BCUT2D eigenvalue weighted by Gasteiger charge is -2.36. The molecule has 2 aromatic heterocycles. The monoisotopic (exact) mass is 506 g/mol. The Balaban J connectivity index is 1.45. The first kappa shape index (κ1) is 23.9. The second kappa shape index (κ2) is 10.4. The largest absolute Gasteiger partial charge is 0.491 e. The van der Waals surface area contributed by atoms with E-state index in [1.165, 1.54) is 12.4 Å². The van der Waals surface area contributed by atoms with Crippen LogP contribution in [-0.4, -0.2) is 53.1 Å². The molecule has 1 amide bonds. The minimum atomic E-state index is -0.516. The average Bonchev–Trinajstić information content (AvgIpc) is 2.89. The third-order valence-electron chi connectivity index (χ3n) is 5.93. The maximum Gasteiger partial charge on any atom is 0.248 e. The maximum absolute atomic E-state index is 14.4. The molecule has 0 saturated carbocycles. The molecule has 2 aromatic carbocycles. The van der Waals surface area contributed by atoms with Gasteiger partial charge in [-0.3, -0.25) is 9.78 Å². The maximum atomic E-state index is 14.4. The summed E-state index contributed by atoms with van der Waals surface area (Å²) >= 11 is 6.07. The van der Waals surface area contributed by atoms with Gasteiger partial charge in [0.1, 0.15) is 17.9 Å². The second-order valence-corrected chi connectivity index (χ2v) is 8.72. The number of carbonyl (C=O) groups is 1. The van der Waals surface area contributed by atoms with Gasteiger partial charge in [-0.2, -0.15) is 0 Å². The molecule has 1 fully saturated rings. The Morgan fingerprint density at radius 2 is 2.08 bits per heavy atom. The zero-order chi connectivity index (χ0) is 25.1. The van der Waals surface area contributed by atoms with Crippen LogP contribution < -0.4 is 20.3 Å². The van der Waals surface area contributed by atoms with Crippen LogP contribution in [0, 0.1) is 5.82 Å². The molecule has 5 rings (SSSR count). The molecule has 1 aliphatic rings. The van der Waals surface area contributed by atoms with Gasteiger partial charge >= 0.3 is 0 Å². The van der Waals surface area contributed by atoms with Gasteiger partial charge in [-0.15, -0.1) is 0 Å². The Morgan fingerprint density at radius 1 is 1.19 bits per heavy atom. The number of benzene rings is 2. The van der Waals surface area contributed by atoms with Crippen LogP contribution in [0.5, 0.6) is 5.75 Å². The van der Waals surface area contributed by atoms with Crippen molar-refractivity contribution >= 4 is 40.0 Å². The number of aromatic nitrogens is 3. The van der Waals surface area contributed by atoms with E-state index in [9.17, 15) is 9.18 Å². The van der Waals surface area contributed by atoms with Crippen molar-refractivity contribution < 1.29 is 13.9 Å². The second-order valence-electron chi connectivity index (χ2n) is 8.28. The van der Waals surface area contributed by atoms with Crippen LogP contribution in [-0.2, 0) is 4.79 Å². The minimum absolute atomic E-state index is 0.183. The molecule has 3 heterocycles. The molecule has 10 heteroatoms. The standard InChI is InChI=1S/C26H24ClFN6O2/c1-2-36-23-7-6-16(10-20(23)28)17-11-21-24(30-13-17)25(32-15-31-21)34-9-8-29-14-22(34)26(35)33-19-5-3-4-18(27)12-19/h3-7,10-13,15,22,29H,2,8-9,14H2,1H3,(H,33,35). The molecular weight excluding hydrogens is 483 g/mol. The summed E-state index contributed by atoms with van der Waals surface area (Å²) in [4.78, 5) is 28.6. The SMILES string of the molecule is CCOc1ccc(-c2cnc3c(N4CCNCC4C(=O)Nc4cccc(Cl)c4)ncnc3c2)cc1F. The van der Waals surface area contributed by atoms with Crippen LogP contribution in [0.4, 0.5) is 15.9 Å². The van der Waals surface area contributed by atoms with Gasteiger partial charge in [0, 0.05) is 42.1 Å². The average molecular weight is 507 g/mol. The number of halogens is 2. The summed E-state index contributed by atoms with van der Waals surface area (Å²) in [5.41, 5.74) is 3.15. The van der Waals surface area contributed by atoms with Gasteiger partial charge in [-0.05, 0) is 48.9 Å². The van der Waals surface area contributed by atoms with E-state index in [0.29, 0.717) is 64.9 Å². The van der Waals surface area contributed by atoms with E-state index in [4.69, 9.17) is 16.3 Å². The van der Waals surface area contributed by atoms with Crippen molar-refractivity contribution in [2.24, 2.45) is 0 Å². The predicted molar refractivity (Wildman–Crippen MR) is 138 cm³/mol. The Labute approximate surface area is 212 Å². The van der Waals surface area contributed by atoms with E-state index in [1.807, 2.05) is 17.9 Å². The number of rotatable bonds is 6. The van der Waals surface area contributed by atoms with Crippen molar-refractivity contribution in [2.75, 3.05) is 36.5 Å². The summed E-state index contributed by atoms with van der Waals surface area (Å²) in [7, 11) is 0. The molecule has 0 aliphatic carbocycles. The molecule has 2 N–H and O–H groups in total. The highest BCUT2D eigenvalue weighted by atomic mass is 35.5. The third-order valence-corrected chi connectivity index (χ3v) is 6.17. The summed E-state index contributed by atoms with van der Waals surface area (Å²) in [6.45, 7) is 3.89. The molecule has 0 bridgehead atoms. The first-order chi connectivity index (χ1) is 17.5. The van der Waals surface area contributed by atoms with E-state index in [2.05, 4.69) is 25.6 Å². The number of piperazine rings is 1. The molecule has 1 unspecified atom stereocenters. The van der Waals surface area contributed by atoms with Crippen molar-refractivity contribution in [1.82, 2.24) is 20.3 Å². The normalized spacial score (nSPS) is 15.6. The fourth-order valence-electron chi connectivity index (χ4n) is 4.24. The Kier molecular flexibility index (Phi) is 6.92. The van der Waals surface area contributed by atoms with Crippen LogP contribution in [0.2, 0.25) is 5.02 Å². The number of amides is 1. The van der Waals surface area contributed by atoms with Gasteiger partial charge in [0.2, 0.25) is 5.91 Å². The first-order valence-electron chi connectivity index (χ1n) is 11.6. The fourth-order valence-corrected chi connectivity index (χ4v) is 4.43. The van der Waals surface area contributed by atoms with E-state index in [-0.39, 0.29) is 11.7 Å². The van der Waals surface area contributed by atoms with Gasteiger partial charge in [-0.1, -0.05) is 23.7 Å². The Hall–Kier alpha value is -3.82. The van der Waals surface area contributed by atoms with Gasteiger partial charge in [0.25, 0.3) is 0 Å². The fraction of sp³-hybridized carbons (Fsp3) is 0.231. The summed E-state index contributed by atoms with van der Waals surface area (Å²) < 4.78 is 19.7. The highest BCUT2D eigenvalue weighted by molar-refractivity contribution is 6.30. The van der Waals surface area contributed by atoms with E-state index in [1.54, 1.807) is 42.6 Å². The number of hydrogen-bond donors (Lipinski definition) is 2. The number of nitrogens with one attached hydrogen (secondary N) is 2. The lowest BCUT2D eigenvalue weighted by atomic mass is 10.1. The molecule has 8 nitrogen and oxygen atoms in total. The van der Waals surface area contributed by atoms with Crippen molar-refractivity contribution in [2.45, 2.75) is 13.0 Å². The number of anilines is 2. The summed E-state index contributed by atoms with van der Waals surface area (Å²) in [5, 5.41) is 6.75. The van der Waals surface area contributed by atoms with Gasteiger partial charge in [0.05, 0.1) is 12.1 Å². The highest BCUT2D eigenvalue weighted by Gasteiger charge is 2.31. The number of fused-ring (bicyclic) bond motifs is 1. The lowest BCUT2D eigenvalue weighted by Crippen LogP contribution is -2.57. The Bertz CT molecular complexity index is 1420. The molecule has 0 radical (unpaired) electrons. The van der Waals surface area contributed by atoms with Crippen LogP contribution in [0.25, 0.3) is 22.2 Å². The van der Waals surface area contributed by atoms with E-state index < -0.39 is 11.9 Å². The van der Waals surface area contributed by atoms with Crippen LogP contribution in [0.1, 0.15) is 6.92 Å². The first-order valence-corrected chi connectivity index (χ1v) is 12.0. The highest BCUT2D eigenvalue weighted by Crippen LogP contribution is 2.30. The number of carbonyl (C=O) groups excluding carboxylic acids is 1. The molecular formula is C26H24ClFN6O2. The molecule has 1 saturated heterocycles. The van der Waals surface area contributed by atoms with Crippen molar-refractivity contribution in [3.8, 4) is 16.9 Å². The van der Waals surface area contributed by atoms with Crippen LogP contribution in [0.15, 0.2) is 61.1 Å². The number of nitrogens with zero attached hydrogens (tertiary/aromatic N) is 4. The summed E-state index contributed by atoms with van der Waals surface area (Å²) in [6, 6.07) is 13.2. The minimum Gasteiger partial charge on any atom is -0.491 e. The molecule has 1 atom stereocenters. The van der Waals surface area contributed by atoms with Gasteiger partial charge < -0.3 is 20.3 Å². The van der Waals surface area contributed by atoms with Crippen molar-refractivity contribution in [3.05, 3.63) is 71.9 Å². The number of ether oxygens (including phenoxy) is 1. The van der Waals surface area contributed by atoms with Gasteiger partial charge in [-0.25, -0.2) is 14.4 Å². The molecule has 4 aromatic rings. The van der Waals surface area contributed by atoms with Crippen LogP contribution in [0.3, 0.4) is 0 Å². The number of hydrogen-bond acceptors (Lipinski definition) is 7. The van der Waals surface area contributed by atoms with Crippen molar-refractivity contribution in [3.63, 3.8) is 0 Å². The smallest absolute Gasteiger partial charge is 0.248 e. The summed E-state index contributed by atoms with van der Waals surface area (Å²) in [5.74, 6) is 0.155. The van der Waals surface area contributed by atoms with Crippen molar-refractivity contribution in [1.29, 1.82) is 0 Å². The van der Waals surface area contributed by atoms with E-state index >= 15 is 0 Å². The zero-order valence-corrected chi connectivity index (χ0v) is 20.3.